The summed E-state index contributed by atoms with van der Waals surface area (Å²) in [4.78, 5) is 16.4. The van der Waals surface area contributed by atoms with Gasteiger partial charge in [0.05, 0.1) is 21.1 Å². The van der Waals surface area contributed by atoms with E-state index in [9.17, 15) is 4.79 Å². The van der Waals surface area contributed by atoms with Gasteiger partial charge in [-0.05, 0) is 19.9 Å². The van der Waals surface area contributed by atoms with E-state index in [0.717, 1.165) is 21.1 Å². The molecule has 2 aromatic rings. The SMILES string of the molecule is Cc1nc(C)c(-c2ccccc2C(=O)O)s1.[NaH]. The average Bonchev–Trinajstić information content (AvgIpc) is 2.57. The fraction of sp³-hybridized carbons (Fsp3) is 0.167. The van der Waals surface area contributed by atoms with Crippen molar-refractivity contribution in [3.05, 3.63) is 40.5 Å². The van der Waals surface area contributed by atoms with Crippen LogP contribution in [0.2, 0.25) is 0 Å². The molecule has 0 bridgehead atoms. The summed E-state index contributed by atoms with van der Waals surface area (Å²) in [6, 6.07) is 7.02. The first-order valence-corrected chi connectivity index (χ1v) is 5.68. The van der Waals surface area contributed by atoms with Crippen LogP contribution in [0, 0.1) is 13.8 Å². The van der Waals surface area contributed by atoms with Gasteiger partial charge < -0.3 is 5.11 Å². The Morgan fingerprint density at radius 3 is 2.47 bits per heavy atom. The van der Waals surface area contributed by atoms with Crippen molar-refractivity contribution in [2.45, 2.75) is 13.8 Å². The number of aryl methyl sites for hydroxylation is 2. The summed E-state index contributed by atoms with van der Waals surface area (Å²) in [6.07, 6.45) is 0. The summed E-state index contributed by atoms with van der Waals surface area (Å²) >= 11 is 1.52. The normalized spacial score (nSPS) is 9.76. The van der Waals surface area contributed by atoms with Crippen molar-refractivity contribution in [2.24, 2.45) is 0 Å². The van der Waals surface area contributed by atoms with Gasteiger partial charge in [-0.3, -0.25) is 0 Å². The Morgan fingerprint density at radius 2 is 1.94 bits per heavy atom. The van der Waals surface area contributed by atoms with E-state index in [-0.39, 0.29) is 29.6 Å². The molecule has 0 aliphatic carbocycles. The van der Waals surface area contributed by atoms with E-state index in [0.29, 0.717) is 5.56 Å². The maximum atomic E-state index is 11.1. The second-order valence-electron chi connectivity index (χ2n) is 3.50. The standard InChI is InChI=1S/C12H11NO2S.Na.H/c1-7-11(16-8(2)13-7)9-5-3-4-6-10(9)12(14)15;;/h3-6H,1-2H3,(H,14,15);;. The first kappa shape index (κ1) is 14.4. The number of aromatic nitrogens is 1. The Hall–Kier alpha value is -0.680. The molecule has 0 aliphatic heterocycles. The minimum absolute atomic E-state index is 0. The Balaban J connectivity index is 0.00000144. The summed E-state index contributed by atoms with van der Waals surface area (Å²) in [5, 5.41) is 10.1. The van der Waals surface area contributed by atoms with Crippen LogP contribution < -0.4 is 0 Å². The van der Waals surface area contributed by atoms with Crippen molar-refractivity contribution >= 4 is 46.9 Å². The van der Waals surface area contributed by atoms with Crippen LogP contribution in [-0.4, -0.2) is 45.6 Å². The third kappa shape index (κ3) is 2.96. The molecule has 0 radical (unpaired) electrons. The number of carbonyl (C=O) groups is 1. The van der Waals surface area contributed by atoms with Crippen LogP contribution in [0.25, 0.3) is 10.4 Å². The molecule has 84 valence electrons. The molecule has 0 atom stereocenters. The Bertz CT molecular complexity index is 551. The van der Waals surface area contributed by atoms with Crippen LogP contribution >= 0.6 is 11.3 Å². The van der Waals surface area contributed by atoms with E-state index in [1.165, 1.54) is 11.3 Å². The number of hydrogen-bond acceptors (Lipinski definition) is 3. The Labute approximate surface area is 126 Å². The number of aromatic carboxylic acids is 1. The molecule has 17 heavy (non-hydrogen) atoms. The van der Waals surface area contributed by atoms with Crippen LogP contribution in [-0.2, 0) is 0 Å². The number of nitrogens with zero attached hydrogens (tertiary/aromatic N) is 1. The average molecular weight is 257 g/mol. The molecule has 3 nitrogen and oxygen atoms in total. The summed E-state index contributed by atoms with van der Waals surface area (Å²) < 4.78 is 0. The summed E-state index contributed by atoms with van der Waals surface area (Å²) in [6.45, 7) is 3.82. The van der Waals surface area contributed by atoms with Gasteiger partial charge in [0.1, 0.15) is 0 Å². The monoisotopic (exact) mass is 257 g/mol. The predicted molar refractivity (Wildman–Crippen MR) is 71.1 cm³/mol. The zero-order chi connectivity index (χ0) is 11.7. The number of carboxylic acid groups (broad SMARTS) is 1. The summed E-state index contributed by atoms with van der Waals surface area (Å²) in [5.74, 6) is -0.902. The topological polar surface area (TPSA) is 50.2 Å². The number of hydrogen-bond donors (Lipinski definition) is 1. The van der Waals surface area contributed by atoms with Gasteiger partial charge in [-0.25, -0.2) is 9.78 Å². The zero-order valence-electron chi connectivity index (χ0n) is 9.02. The molecule has 1 heterocycles. The first-order valence-electron chi connectivity index (χ1n) is 4.86. The predicted octanol–water partition coefficient (Wildman–Crippen LogP) is 2.48. The van der Waals surface area contributed by atoms with Crippen LogP contribution in [0.4, 0.5) is 0 Å². The van der Waals surface area contributed by atoms with Gasteiger partial charge >= 0.3 is 35.5 Å². The van der Waals surface area contributed by atoms with E-state index >= 15 is 0 Å². The van der Waals surface area contributed by atoms with E-state index in [4.69, 9.17) is 5.11 Å². The molecule has 2 rings (SSSR count). The van der Waals surface area contributed by atoms with Gasteiger partial charge in [-0.15, -0.1) is 11.3 Å². The summed E-state index contributed by atoms with van der Waals surface area (Å²) in [5.41, 5.74) is 1.96. The second kappa shape index (κ2) is 5.78. The molecule has 0 saturated carbocycles. The van der Waals surface area contributed by atoms with Crippen molar-refractivity contribution in [3.63, 3.8) is 0 Å². The van der Waals surface area contributed by atoms with E-state index < -0.39 is 5.97 Å². The van der Waals surface area contributed by atoms with Gasteiger partial charge in [0, 0.05) is 5.56 Å². The molecule has 0 saturated heterocycles. The molecule has 1 N–H and O–H groups in total. The number of thiazole rings is 1. The van der Waals surface area contributed by atoms with Crippen LogP contribution in [0.3, 0.4) is 0 Å². The molecule has 0 amide bonds. The number of rotatable bonds is 2. The Kier molecular flexibility index (Phi) is 4.89. The van der Waals surface area contributed by atoms with Crippen LogP contribution in [0.15, 0.2) is 24.3 Å². The molecule has 0 spiro atoms. The zero-order valence-corrected chi connectivity index (χ0v) is 9.84. The van der Waals surface area contributed by atoms with E-state index in [1.54, 1.807) is 12.1 Å². The van der Waals surface area contributed by atoms with Crippen molar-refractivity contribution in [3.8, 4) is 10.4 Å². The summed E-state index contributed by atoms with van der Waals surface area (Å²) in [7, 11) is 0. The molecular weight excluding hydrogens is 245 g/mol. The number of benzene rings is 1. The van der Waals surface area contributed by atoms with Gasteiger partial charge in [-0.1, -0.05) is 18.2 Å². The molecule has 5 heteroatoms. The molecule has 1 aromatic carbocycles. The molecular formula is C12H12NNaO2S. The molecule has 1 aromatic heterocycles. The van der Waals surface area contributed by atoms with Gasteiger partial charge in [0.25, 0.3) is 0 Å². The van der Waals surface area contributed by atoms with Gasteiger partial charge in [-0.2, -0.15) is 0 Å². The second-order valence-corrected chi connectivity index (χ2v) is 4.70. The first-order chi connectivity index (χ1) is 7.59. The molecule has 0 aliphatic rings. The van der Waals surface area contributed by atoms with Crippen molar-refractivity contribution in [2.75, 3.05) is 0 Å². The third-order valence-electron chi connectivity index (χ3n) is 2.31. The molecule has 0 unspecified atom stereocenters. The Morgan fingerprint density at radius 1 is 1.29 bits per heavy atom. The van der Waals surface area contributed by atoms with Gasteiger partial charge in [0.15, 0.2) is 0 Å². The fourth-order valence-corrected chi connectivity index (χ4v) is 2.61. The van der Waals surface area contributed by atoms with Gasteiger partial charge in [0.2, 0.25) is 0 Å². The van der Waals surface area contributed by atoms with E-state index in [2.05, 4.69) is 4.98 Å². The van der Waals surface area contributed by atoms with Crippen LogP contribution in [0.5, 0.6) is 0 Å². The van der Waals surface area contributed by atoms with Crippen LogP contribution in [0.1, 0.15) is 21.1 Å². The number of carboxylic acids is 1. The fourth-order valence-electron chi connectivity index (χ4n) is 1.65. The minimum atomic E-state index is -0.902. The van der Waals surface area contributed by atoms with Crippen molar-refractivity contribution < 1.29 is 9.90 Å². The van der Waals surface area contributed by atoms with Crippen molar-refractivity contribution in [1.82, 2.24) is 4.98 Å². The maximum absolute atomic E-state index is 11.1. The van der Waals surface area contributed by atoms with E-state index in [1.807, 2.05) is 26.0 Å². The quantitative estimate of drug-likeness (QED) is 0.841. The molecule has 0 fully saturated rings. The third-order valence-corrected chi connectivity index (χ3v) is 3.41. The van der Waals surface area contributed by atoms with Crippen molar-refractivity contribution in [1.29, 1.82) is 0 Å².